The minimum atomic E-state index is -4.50. The van der Waals surface area contributed by atoms with Crippen molar-refractivity contribution >= 4 is 55.0 Å². The van der Waals surface area contributed by atoms with Gasteiger partial charge in [0.15, 0.2) is 0 Å². The van der Waals surface area contributed by atoms with E-state index < -0.39 is 38.1 Å². The first-order valence-electron chi connectivity index (χ1n) is 9.60. The summed E-state index contributed by atoms with van der Waals surface area (Å²) in [5.74, 6) is -2.95. The molecule has 0 saturated carbocycles. The number of rotatable bonds is 5. The van der Waals surface area contributed by atoms with Crippen molar-refractivity contribution in [3.8, 4) is 11.3 Å². The maximum Gasteiger partial charge on any atom is 0.264 e. The van der Waals surface area contributed by atoms with E-state index in [1.54, 1.807) is 10.9 Å². The number of aromatic nitrogens is 3. The first kappa shape index (κ1) is 23.3. The van der Waals surface area contributed by atoms with Gasteiger partial charge in [0.05, 0.1) is 20.2 Å². The van der Waals surface area contributed by atoms with Crippen molar-refractivity contribution in [1.82, 2.24) is 14.8 Å². The molecule has 3 N–H and O–H groups in total. The van der Waals surface area contributed by atoms with Gasteiger partial charge < -0.3 is 5.73 Å². The lowest BCUT2D eigenvalue weighted by molar-refractivity contribution is 0.550. The minimum Gasteiger partial charge on any atom is -0.383 e. The molecule has 2 aromatic heterocycles. The number of anilines is 2. The Morgan fingerprint density at radius 1 is 1.09 bits per heavy atom. The number of nitrogens with two attached hydrogens (primary N) is 1. The number of hydrogen-bond acceptors (Lipinski definition) is 5. The Kier molecular flexibility index (Phi) is 5.99. The van der Waals surface area contributed by atoms with Crippen molar-refractivity contribution in [2.75, 3.05) is 10.5 Å². The molecule has 0 amide bonds. The highest BCUT2D eigenvalue weighted by atomic mass is 127. The highest BCUT2D eigenvalue weighted by Crippen LogP contribution is 2.37. The predicted octanol–water partition coefficient (Wildman–Crippen LogP) is 5.08. The van der Waals surface area contributed by atoms with Crippen LogP contribution < -0.4 is 10.5 Å². The van der Waals surface area contributed by atoms with Gasteiger partial charge in [-0.25, -0.2) is 26.6 Å². The smallest absolute Gasteiger partial charge is 0.264 e. The Hall–Kier alpha value is -2.87. The minimum absolute atomic E-state index is 0.0714. The molecule has 0 spiro atoms. The quantitative estimate of drug-likeness (QED) is 0.317. The van der Waals surface area contributed by atoms with Crippen molar-refractivity contribution in [1.29, 1.82) is 0 Å². The number of sulfonamides is 1. The van der Waals surface area contributed by atoms with Crippen molar-refractivity contribution in [2.24, 2.45) is 0 Å². The Balaban J connectivity index is 1.85. The molecule has 0 aliphatic heterocycles. The normalized spacial score (nSPS) is 12.0. The van der Waals surface area contributed by atoms with Crippen molar-refractivity contribution in [3.05, 3.63) is 63.6 Å². The third kappa shape index (κ3) is 4.12. The molecule has 0 fully saturated rings. The molecular weight excluding hydrogens is 570 g/mol. The lowest BCUT2D eigenvalue weighted by Crippen LogP contribution is -2.15. The van der Waals surface area contributed by atoms with Gasteiger partial charge >= 0.3 is 0 Å². The molecule has 2 aromatic carbocycles. The molecule has 0 unspecified atom stereocenters. The zero-order valence-corrected chi connectivity index (χ0v) is 20.2. The Bertz CT molecular complexity index is 1510. The zero-order valence-electron chi connectivity index (χ0n) is 17.3. The summed E-state index contributed by atoms with van der Waals surface area (Å²) in [6.07, 6.45) is 1.56. The predicted molar refractivity (Wildman–Crippen MR) is 128 cm³/mol. The van der Waals surface area contributed by atoms with E-state index in [1.807, 2.05) is 18.6 Å². The lowest BCUT2D eigenvalue weighted by atomic mass is 10.1. The second-order valence-electron chi connectivity index (χ2n) is 7.45. The molecule has 2 heterocycles. The molecule has 4 aromatic rings. The van der Waals surface area contributed by atoms with E-state index >= 15 is 4.39 Å². The van der Waals surface area contributed by atoms with Crippen LogP contribution in [0.1, 0.15) is 19.9 Å². The molecular formula is C21H17F3IN5O2S. The van der Waals surface area contributed by atoms with Crippen LogP contribution in [0.5, 0.6) is 0 Å². The summed E-state index contributed by atoms with van der Waals surface area (Å²) in [6.45, 7) is 3.75. The van der Waals surface area contributed by atoms with Gasteiger partial charge in [-0.15, -0.1) is 0 Å². The molecule has 12 heteroatoms. The molecule has 0 saturated heterocycles. The molecule has 0 aliphatic rings. The maximum absolute atomic E-state index is 15.2. The van der Waals surface area contributed by atoms with E-state index in [9.17, 15) is 17.2 Å². The lowest BCUT2D eigenvalue weighted by Gasteiger charge is -2.11. The standard InChI is InChI=1S/C21H17F3IN5O2S/c1-10(2)30-20-15(25)9-27-21(26)18(20)19(28-30)11-7-14(24)16(8-13(11)23)29-33(31,32)17-6-4-3-5-12(17)22/h3-10,29H,1-2H3,(H2,26,27). The summed E-state index contributed by atoms with van der Waals surface area (Å²) in [5.41, 5.74) is 5.84. The number of nitrogen functional groups attached to an aromatic ring is 1. The molecule has 0 radical (unpaired) electrons. The van der Waals surface area contributed by atoms with Crippen LogP contribution in [0.4, 0.5) is 24.7 Å². The van der Waals surface area contributed by atoms with Crippen LogP contribution in [-0.4, -0.2) is 23.2 Å². The average Bonchev–Trinajstić information content (AvgIpc) is 3.15. The molecule has 33 heavy (non-hydrogen) atoms. The van der Waals surface area contributed by atoms with Crippen LogP contribution in [0.15, 0.2) is 47.5 Å². The fourth-order valence-electron chi connectivity index (χ4n) is 3.39. The van der Waals surface area contributed by atoms with Crippen molar-refractivity contribution in [3.63, 3.8) is 0 Å². The molecule has 4 rings (SSSR count). The van der Waals surface area contributed by atoms with Crippen LogP contribution in [0, 0.1) is 21.0 Å². The molecule has 0 aliphatic carbocycles. The number of nitrogens with one attached hydrogen (secondary N) is 1. The Labute approximate surface area is 201 Å². The first-order valence-corrected chi connectivity index (χ1v) is 12.2. The molecule has 0 atom stereocenters. The summed E-state index contributed by atoms with van der Waals surface area (Å²) >= 11 is 2.06. The fraction of sp³-hybridized carbons (Fsp3) is 0.143. The van der Waals surface area contributed by atoms with Crippen LogP contribution >= 0.6 is 22.6 Å². The van der Waals surface area contributed by atoms with Crippen LogP contribution in [0.2, 0.25) is 0 Å². The summed E-state index contributed by atoms with van der Waals surface area (Å²) in [4.78, 5) is 3.41. The van der Waals surface area contributed by atoms with Gasteiger partial charge in [-0.3, -0.25) is 9.40 Å². The molecule has 7 nitrogen and oxygen atoms in total. The fourth-order valence-corrected chi connectivity index (χ4v) is 5.18. The van der Waals surface area contributed by atoms with Gasteiger partial charge in [0.1, 0.15) is 33.9 Å². The number of halogens is 4. The van der Waals surface area contributed by atoms with Gasteiger partial charge in [0.25, 0.3) is 10.0 Å². The molecule has 172 valence electrons. The Morgan fingerprint density at radius 3 is 2.45 bits per heavy atom. The zero-order chi connectivity index (χ0) is 24.1. The van der Waals surface area contributed by atoms with Gasteiger partial charge in [-0.05, 0) is 54.6 Å². The highest BCUT2D eigenvalue weighted by Gasteiger charge is 2.25. The van der Waals surface area contributed by atoms with Crippen molar-refractivity contribution < 1.29 is 21.6 Å². The number of fused-ring (bicyclic) bond motifs is 1. The first-order chi connectivity index (χ1) is 15.5. The summed E-state index contributed by atoms with van der Waals surface area (Å²) < 4.78 is 73.3. The average molecular weight is 587 g/mol. The Morgan fingerprint density at radius 2 is 1.79 bits per heavy atom. The summed E-state index contributed by atoms with van der Waals surface area (Å²) in [5, 5.41) is 4.80. The third-order valence-corrected chi connectivity index (χ3v) is 7.07. The number of benzene rings is 2. The maximum atomic E-state index is 15.2. The summed E-state index contributed by atoms with van der Waals surface area (Å²) in [6, 6.07) is 5.98. The van der Waals surface area contributed by atoms with Crippen LogP contribution in [0.3, 0.4) is 0 Å². The van der Waals surface area contributed by atoms with Gasteiger partial charge in [0.2, 0.25) is 0 Å². The van der Waals surface area contributed by atoms with Gasteiger partial charge in [0, 0.05) is 23.9 Å². The monoisotopic (exact) mass is 587 g/mol. The van der Waals surface area contributed by atoms with Gasteiger partial charge in [-0.1, -0.05) is 12.1 Å². The van der Waals surface area contributed by atoms with E-state index in [0.29, 0.717) is 17.0 Å². The number of hydrogen-bond donors (Lipinski definition) is 2. The highest BCUT2D eigenvalue weighted by molar-refractivity contribution is 14.1. The SMILES string of the molecule is CC(C)n1nc(-c2cc(F)c(NS(=O)(=O)c3ccccc3F)cc2F)c2c(N)ncc(I)c21. The van der Waals surface area contributed by atoms with E-state index in [2.05, 4.69) is 32.7 Å². The van der Waals surface area contributed by atoms with Crippen molar-refractivity contribution in [2.45, 2.75) is 24.8 Å². The second kappa shape index (κ2) is 8.48. The number of nitrogens with zero attached hydrogens (tertiary/aromatic N) is 3. The topological polar surface area (TPSA) is 103 Å². The van der Waals surface area contributed by atoms with E-state index in [1.165, 1.54) is 12.1 Å². The van der Waals surface area contributed by atoms with E-state index in [0.717, 1.165) is 21.8 Å². The second-order valence-corrected chi connectivity index (χ2v) is 10.3. The van der Waals surface area contributed by atoms with Gasteiger partial charge in [-0.2, -0.15) is 5.10 Å². The summed E-state index contributed by atoms with van der Waals surface area (Å²) in [7, 11) is -4.50. The van der Waals surface area contributed by atoms with E-state index in [-0.39, 0.29) is 23.1 Å². The molecule has 0 bridgehead atoms. The third-order valence-electron chi connectivity index (χ3n) is 4.88. The van der Waals surface area contributed by atoms with Crippen LogP contribution in [-0.2, 0) is 10.0 Å². The largest absolute Gasteiger partial charge is 0.383 e. The van der Waals surface area contributed by atoms with E-state index in [4.69, 9.17) is 5.73 Å². The van der Waals surface area contributed by atoms with Crippen LogP contribution in [0.25, 0.3) is 22.2 Å². The number of pyridine rings is 1.